The van der Waals surface area contributed by atoms with E-state index in [9.17, 15) is 19.8 Å². The lowest BCUT2D eigenvalue weighted by molar-refractivity contribution is 0.0880. The minimum atomic E-state index is -0.483. The van der Waals surface area contributed by atoms with Gasteiger partial charge in [0.25, 0.3) is 11.8 Å². The second-order valence-electron chi connectivity index (χ2n) is 6.48. The molecule has 0 bridgehead atoms. The lowest BCUT2D eigenvalue weighted by Crippen LogP contribution is -2.20. The lowest BCUT2D eigenvalue weighted by Gasteiger charge is -2.12. The van der Waals surface area contributed by atoms with Gasteiger partial charge in [0.05, 0.1) is 28.9 Å². The van der Waals surface area contributed by atoms with Crippen LogP contribution in [-0.2, 0) is 13.2 Å². The van der Waals surface area contributed by atoms with Gasteiger partial charge in [0, 0.05) is 35.0 Å². The van der Waals surface area contributed by atoms with Gasteiger partial charge in [-0.05, 0) is 40.0 Å². The molecule has 8 heteroatoms. The molecule has 1 aliphatic rings. The summed E-state index contributed by atoms with van der Waals surface area (Å²) in [5, 5.41) is 22.5. The number of nitrogens with one attached hydrogen (secondary N) is 1. The number of aliphatic hydroxyl groups is 2. The Morgan fingerprint density at radius 3 is 2.50 bits per heavy atom. The van der Waals surface area contributed by atoms with Crippen molar-refractivity contribution in [1.29, 1.82) is 0 Å². The monoisotopic (exact) mass is 464 g/mol. The molecule has 0 unspecified atom stereocenters. The largest absolute Gasteiger partial charge is 0.396 e. The van der Waals surface area contributed by atoms with Crippen LogP contribution in [0.5, 0.6) is 0 Å². The Bertz CT molecular complexity index is 1150. The highest BCUT2D eigenvalue weighted by molar-refractivity contribution is 9.10. The molecule has 1 aromatic heterocycles. The van der Waals surface area contributed by atoms with Crippen molar-refractivity contribution >= 4 is 50.2 Å². The van der Waals surface area contributed by atoms with Crippen molar-refractivity contribution < 1.29 is 21.2 Å². The number of carbonyl (C=O) groups excluding carboxylic acids is 2. The number of hydrogen-bond acceptors (Lipinski definition) is 4. The highest BCUT2D eigenvalue weighted by Crippen LogP contribution is 2.42. The summed E-state index contributed by atoms with van der Waals surface area (Å²) in [7, 11) is 0. The quantitative estimate of drug-likeness (QED) is 0.501. The molecule has 28 heavy (non-hydrogen) atoms. The molecular weight excluding hydrogens is 448 g/mol. The first kappa shape index (κ1) is 19.1. The van der Waals surface area contributed by atoms with Crippen LogP contribution in [0.2, 0.25) is 5.02 Å². The van der Waals surface area contributed by atoms with Crippen LogP contribution in [0.3, 0.4) is 0 Å². The van der Waals surface area contributed by atoms with Gasteiger partial charge in [-0.2, -0.15) is 0 Å². The Morgan fingerprint density at radius 2 is 1.82 bits per heavy atom. The summed E-state index contributed by atoms with van der Waals surface area (Å²) >= 11 is 9.87. The summed E-state index contributed by atoms with van der Waals surface area (Å²) < 4.78 is 2.42. The van der Waals surface area contributed by atoms with E-state index < -0.39 is 11.8 Å². The topological polar surface area (TPSA) is 91.6 Å². The molecule has 3 aromatic rings. The third-order valence-corrected chi connectivity index (χ3v) is 6.11. The van der Waals surface area contributed by atoms with E-state index in [1.54, 1.807) is 18.2 Å². The standard InChI is InChI=1S/C20H16BrClN2O4.H2/c21-18-14(9-26)24(6-3-7-25)13-8-11(10-4-1-2-5-12(10)22)15-17(16(13)18)20(28)23-19(15)27;/h1-2,4-5,8,25-26H,3,6-7,9H2,(H,23,27,28);1H. The molecule has 0 atom stereocenters. The third-order valence-electron chi connectivity index (χ3n) is 4.93. The van der Waals surface area contributed by atoms with Gasteiger partial charge >= 0.3 is 0 Å². The molecule has 2 aromatic carbocycles. The summed E-state index contributed by atoms with van der Waals surface area (Å²) in [4.78, 5) is 25.2. The number of benzene rings is 2. The fraction of sp³-hybridized carbons (Fsp3) is 0.200. The van der Waals surface area contributed by atoms with Crippen LogP contribution in [0.25, 0.3) is 22.0 Å². The Morgan fingerprint density at radius 1 is 1.11 bits per heavy atom. The first-order valence-electron chi connectivity index (χ1n) is 8.69. The van der Waals surface area contributed by atoms with E-state index >= 15 is 0 Å². The van der Waals surface area contributed by atoms with Crippen molar-refractivity contribution in [1.82, 2.24) is 9.88 Å². The first-order chi connectivity index (χ1) is 13.5. The smallest absolute Gasteiger partial charge is 0.259 e. The van der Waals surface area contributed by atoms with Gasteiger partial charge in [-0.1, -0.05) is 29.8 Å². The SMILES string of the molecule is O=C1NC(=O)c2c1c(-c1ccccc1Cl)cc1c2c(Br)c(CO)n1CCCO.[HH]. The van der Waals surface area contributed by atoms with Crippen molar-refractivity contribution in [3.05, 3.63) is 56.6 Å². The number of aliphatic hydroxyl groups excluding tert-OH is 2. The number of aryl methyl sites for hydroxylation is 1. The number of carbonyl (C=O) groups is 2. The maximum atomic E-state index is 12.6. The Kier molecular flexibility index (Phi) is 5.01. The van der Waals surface area contributed by atoms with Gasteiger partial charge in [0.1, 0.15) is 0 Å². The number of rotatable bonds is 5. The van der Waals surface area contributed by atoms with Gasteiger partial charge in [0.15, 0.2) is 0 Å². The molecule has 0 saturated heterocycles. The highest BCUT2D eigenvalue weighted by Gasteiger charge is 2.35. The Labute approximate surface area is 175 Å². The highest BCUT2D eigenvalue weighted by atomic mass is 79.9. The minimum absolute atomic E-state index is 0. The summed E-state index contributed by atoms with van der Waals surface area (Å²) in [6, 6.07) is 8.94. The predicted octanol–water partition coefficient (Wildman–Crippen LogP) is 3.73. The average molecular weight is 466 g/mol. The minimum Gasteiger partial charge on any atom is -0.396 e. The zero-order chi connectivity index (χ0) is 20.0. The van der Waals surface area contributed by atoms with E-state index in [0.717, 1.165) is 0 Å². The maximum Gasteiger partial charge on any atom is 0.259 e. The molecule has 146 valence electrons. The van der Waals surface area contributed by atoms with Gasteiger partial charge < -0.3 is 14.8 Å². The normalized spacial score (nSPS) is 13.3. The van der Waals surface area contributed by atoms with E-state index in [1.807, 2.05) is 16.7 Å². The summed E-state index contributed by atoms with van der Waals surface area (Å²) in [5.41, 5.74) is 2.99. The molecule has 0 fully saturated rings. The third kappa shape index (κ3) is 2.78. The van der Waals surface area contributed by atoms with Crippen LogP contribution in [0.4, 0.5) is 0 Å². The van der Waals surface area contributed by atoms with E-state index in [4.69, 9.17) is 11.6 Å². The number of halogens is 2. The van der Waals surface area contributed by atoms with Crippen LogP contribution in [0.15, 0.2) is 34.8 Å². The second-order valence-corrected chi connectivity index (χ2v) is 7.68. The van der Waals surface area contributed by atoms with E-state index in [0.29, 0.717) is 50.2 Å². The van der Waals surface area contributed by atoms with E-state index in [2.05, 4.69) is 21.2 Å². The molecule has 1 aliphatic heterocycles. The van der Waals surface area contributed by atoms with Gasteiger partial charge in [-0.3, -0.25) is 14.9 Å². The molecule has 0 spiro atoms. The zero-order valence-electron chi connectivity index (χ0n) is 14.6. The molecular formula is C20H18BrClN2O4. The maximum absolute atomic E-state index is 12.6. The molecule has 0 aliphatic carbocycles. The summed E-state index contributed by atoms with van der Waals surface area (Å²) in [6.45, 7) is 0.181. The van der Waals surface area contributed by atoms with Crippen LogP contribution >= 0.6 is 27.5 Å². The zero-order valence-corrected chi connectivity index (χ0v) is 17.0. The van der Waals surface area contributed by atoms with Gasteiger partial charge in [-0.15, -0.1) is 0 Å². The molecule has 6 nitrogen and oxygen atoms in total. The van der Waals surface area contributed by atoms with E-state index in [-0.39, 0.29) is 25.8 Å². The van der Waals surface area contributed by atoms with Crippen molar-refractivity contribution in [2.24, 2.45) is 0 Å². The van der Waals surface area contributed by atoms with Crippen LogP contribution in [0.1, 0.15) is 34.3 Å². The van der Waals surface area contributed by atoms with Crippen LogP contribution < -0.4 is 5.32 Å². The predicted molar refractivity (Wildman–Crippen MR) is 112 cm³/mol. The van der Waals surface area contributed by atoms with Crippen LogP contribution in [-0.4, -0.2) is 33.2 Å². The summed E-state index contributed by atoms with van der Waals surface area (Å²) in [6.07, 6.45) is 0.479. The van der Waals surface area contributed by atoms with Crippen molar-refractivity contribution in [2.75, 3.05) is 6.61 Å². The number of nitrogens with zero attached hydrogens (tertiary/aromatic N) is 1. The number of hydrogen-bond donors (Lipinski definition) is 3. The molecule has 4 rings (SSSR count). The van der Waals surface area contributed by atoms with Crippen molar-refractivity contribution in [3.8, 4) is 11.1 Å². The number of amides is 2. The molecule has 0 saturated carbocycles. The molecule has 3 N–H and O–H groups in total. The Hall–Kier alpha value is -2.19. The number of aromatic nitrogens is 1. The molecule has 2 heterocycles. The molecule has 2 amide bonds. The fourth-order valence-corrected chi connectivity index (χ4v) is 4.71. The Balaban J connectivity index is 0.00000240. The molecule has 0 radical (unpaired) electrons. The lowest BCUT2D eigenvalue weighted by atomic mass is 9.94. The fourth-order valence-electron chi connectivity index (χ4n) is 3.73. The van der Waals surface area contributed by atoms with Crippen molar-refractivity contribution in [2.45, 2.75) is 19.6 Å². The number of fused-ring (bicyclic) bond motifs is 3. The van der Waals surface area contributed by atoms with Gasteiger partial charge in [0.2, 0.25) is 0 Å². The summed E-state index contributed by atoms with van der Waals surface area (Å²) in [5.74, 6) is -0.958. The van der Waals surface area contributed by atoms with Crippen LogP contribution in [0, 0.1) is 0 Å². The number of imide groups is 1. The van der Waals surface area contributed by atoms with E-state index in [1.165, 1.54) is 0 Å². The van der Waals surface area contributed by atoms with Crippen molar-refractivity contribution in [3.63, 3.8) is 0 Å². The second kappa shape index (κ2) is 7.33. The average Bonchev–Trinajstić information content (AvgIpc) is 3.13. The van der Waals surface area contributed by atoms with Gasteiger partial charge in [-0.25, -0.2) is 0 Å². The first-order valence-corrected chi connectivity index (χ1v) is 9.86.